The molecular formula is C20H29N3O2. The van der Waals surface area contributed by atoms with Crippen molar-refractivity contribution in [2.45, 2.75) is 44.2 Å². The van der Waals surface area contributed by atoms with Gasteiger partial charge in [-0.25, -0.2) is 0 Å². The van der Waals surface area contributed by atoms with Gasteiger partial charge in [0.25, 0.3) is 0 Å². The Hall–Kier alpha value is -1.43. The van der Waals surface area contributed by atoms with Crippen molar-refractivity contribution in [1.29, 1.82) is 0 Å². The summed E-state index contributed by atoms with van der Waals surface area (Å²) in [6.45, 7) is 5.09. The maximum absolute atomic E-state index is 12.7. The number of piperazine rings is 1. The van der Waals surface area contributed by atoms with Crippen LogP contribution in [0.4, 0.5) is 5.69 Å². The number of hydrogen-bond acceptors (Lipinski definition) is 4. The van der Waals surface area contributed by atoms with E-state index in [1.807, 2.05) is 17.0 Å². The lowest BCUT2D eigenvalue weighted by Crippen LogP contribution is -2.55. The highest BCUT2D eigenvalue weighted by atomic mass is 16.3. The summed E-state index contributed by atoms with van der Waals surface area (Å²) < 4.78 is 0. The minimum atomic E-state index is -0.164. The molecule has 2 heterocycles. The van der Waals surface area contributed by atoms with Gasteiger partial charge in [-0.05, 0) is 30.9 Å². The van der Waals surface area contributed by atoms with Crippen LogP contribution in [0.3, 0.4) is 0 Å². The normalized spacial score (nSPS) is 28.1. The molecular weight excluding hydrogens is 314 g/mol. The summed E-state index contributed by atoms with van der Waals surface area (Å²) in [7, 11) is 0. The highest BCUT2D eigenvalue weighted by Gasteiger charge is 2.32. The summed E-state index contributed by atoms with van der Waals surface area (Å²) in [5.41, 5.74) is 2.38. The zero-order valence-corrected chi connectivity index (χ0v) is 14.9. The lowest BCUT2D eigenvalue weighted by atomic mass is 9.91. The summed E-state index contributed by atoms with van der Waals surface area (Å²) in [6, 6.07) is 8.57. The van der Waals surface area contributed by atoms with Gasteiger partial charge in [-0.15, -0.1) is 0 Å². The number of benzene rings is 1. The minimum absolute atomic E-state index is 0.164. The Morgan fingerprint density at radius 3 is 2.60 bits per heavy atom. The van der Waals surface area contributed by atoms with Gasteiger partial charge in [0.2, 0.25) is 5.91 Å². The van der Waals surface area contributed by atoms with Crippen molar-refractivity contribution in [3.8, 4) is 0 Å². The number of para-hydroxylation sites is 1. The zero-order chi connectivity index (χ0) is 17.2. The number of rotatable bonds is 3. The molecule has 5 nitrogen and oxygen atoms in total. The molecule has 3 aliphatic rings. The quantitative estimate of drug-likeness (QED) is 0.903. The van der Waals surface area contributed by atoms with Crippen molar-refractivity contribution < 1.29 is 9.90 Å². The van der Waals surface area contributed by atoms with Crippen LogP contribution in [-0.4, -0.2) is 72.2 Å². The van der Waals surface area contributed by atoms with Crippen LogP contribution in [0, 0.1) is 0 Å². The average Bonchev–Trinajstić information content (AvgIpc) is 3.07. The van der Waals surface area contributed by atoms with Crippen molar-refractivity contribution in [2.24, 2.45) is 0 Å². The first kappa shape index (κ1) is 17.0. The Balaban J connectivity index is 1.30. The number of anilines is 1. The Labute approximate surface area is 150 Å². The van der Waals surface area contributed by atoms with Gasteiger partial charge in [0.1, 0.15) is 0 Å². The first-order valence-corrected chi connectivity index (χ1v) is 9.75. The van der Waals surface area contributed by atoms with Crippen molar-refractivity contribution in [3.05, 3.63) is 29.8 Å². The lowest BCUT2D eigenvalue weighted by Gasteiger charge is -2.42. The Kier molecular flexibility index (Phi) is 5.06. The Bertz CT molecular complexity index is 613. The van der Waals surface area contributed by atoms with Crippen LogP contribution >= 0.6 is 0 Å². The molecule has 25 heavy (non-hydrogen) atoms. The topological polar surface area (TPSA) is 47.0 Å². The van der Waals surface area contributed by atoms with Crippen molar-refractivity contribution in [3.63, 3.8) is 0 Å². The van der Waals surface area contributed by atoms with Gasteiger partial charge in [-0.3, -0.25) is 14.6 Å². The number of fused-ring (bicyclic) bond motifs is 1. The van der Waals surface area contributed by atoms with Gasteiger partial charge in [0.05, 0.1) is 12.6 Å². The standard InChI is InChI=1S/C20H29N3O2/c24-19-8-4-3-7-18(19)22-13-11-21(12-14-22)15-20(25)23-10-9-16-5-1-2-6-17(16)23/h1-2,5-6,18-19,24H,3-4,7-15H2. The van der Waals surface area contributed by atoms with Crippen molar-refractivity contribution in [2.75, 3.05) is 44.2 Å². The van der Waals surface area contributed by atoms with Gasteiger partial charge in [0.15, 0.2) is 0 Å². The molecule has 0 aromatic heterocycles. The summed E-state index contributed by atoms with van der Waals surface area (Å²) in [4.78, 5) is 19.4. The molecule has 1 aromatic rings. The van der Waals surface area contributed by atoms with Crippen molar-refractivity contribution in [1.82, 2.24) is 9.80 Å². The number of carbonyl (C=O) groups is 1. The minimum Gasteiger partial charge on any atom is -0.391 e. The average molecular weight is 343 g/mol. The highest BCUT2D eigenvalue weighted by molar-refractivity contribution is 5.96. The number of aliphatic hydroxyl groups excluding tert-OH is 1. The van der Waals surface area contributed by atoms with Gasteiger partial charge in [-0.2, -0.15) is 0 Å². The Morgan fingerprint density at radius 2 is 1.80 bits per heavy atom. The monoisotopic (exact) mass is 343 g/mol. The fourth-order valence-corrected chi connectivity index (χ4v) is 4.64. The number of nitrogens with zero attached hydrogens (tertiary/aromatic N) is 3. The van der Waals surface area contributed by atoms with E-state index >= 15 is 0 Å². The van der Waals surface area contributed by atoms with E-state index in [0.717, 1.165) is 64.1 Å². The first-order valence-electron chi connectivity index (χ1n) is 9.75. The van der Waals surface area contributed by atoms with Gasteiger partial charge in [-0.1, -0.05) is 31.0 Å². The number of hydrogen-bond donors (Lipinski definition) is 1. The molecule has 1 saturated heterocycles. The fourth-order valence-electron chi connectivity index (χ4n) is 4.64. The van der Waals surface area contributed by atoms with E-state index in [9.17, 15) is 9.90 Å². The molecule has 1 aliphatic carbocycles. The van der Waals surface area contributed by atoms with E-state index in [0.29, 0.717) is 12.6 Å². The third kappa shape index (κ3) is 3.59. The number of amides is 1. The van der Waals surface area contributed by atoms with E-state index in [-0.39, 0.29) is 12.0 Å². The van der Waals surface area contributed by atoms with Gasteiger partial charge in [0, 0.05) is 44.5 Å². The third-order valence-electron chi connectivity index (χ3n) is 6.12. The predicted octanol–water partition coefficient (Wildman–Crippen LogP) is 1.50. The second-order valence-corrected chi connectivity index (χ2v) is 7.66. The second kappa shape index (κ2) is 7.44. The molecule has 2 unspecified atom stereocenters. The van der Waals surface area contributed by atoms with Crippen LogP contribution in [0.5, 0.6) is 0 Å². The number of aliphatic hydroxyl groups is 1. The molecule has 0 radical (unpaired) electrons. The van der Waals surface area contributed by atoms with Gasteiger partial charge >= 0.3 is 0 Å². The fraction of sp³-hybridized carbons (Fsp3) is 0.650. The van der Waals surface area contributed by atoms with Crippen LogP contribution in [0.1, 0.15) is 31.2 Å². The molecule has 1 amide bonds. The molecule has 1 aromatic carbocycles. The van der Waals surface area contributed by atoms with E-state index in [1.54, 1.807) is 0 Å². The molecule has 136 valence electrons. The van der Waals surface area contributed by atoms with Crippen LogP contribution < -0.4 is 4.90 Å². The summed E-state index contributed by atoms with van der Waals surface area (Å²) in [6.07, 6.45) is 5.25. The smallest absolute Gasteiger partial charge is 0.241 e. The van der Waals surface area contributed by atoms with Crippen LogP contribution in [0.15, 0.2) is 24.3 Å². The molecule has 4 rings (SSSR count). The van der Waals surface area contributed by atoms with E-state index in [1.165, 1.54) is 12.0 Å². The van der Waals surface area contributed by atoms with Crippen LogP contribution in [0.25, 0.3) is 0 Å². The summed E-state index contributed by atoms with van der Waals surface area (Å²) in [5, 5.41) is 10.3. The van der Waals surface area contributed by atoms with Crippen molar-refractivity contribution >= 4 is 11.6 Å². The number of carbonyl (C=O) groups excluding carboxylic acids is 1. The zero-order valence-electron chi connectivity index (χ0n) is 14.9. The van der Waals surface area contributed by atoms with E-state index in [4.69, 9.17) is 0 Å². The lowest BCUT2D eigenvalue weighted by molar-refractivity contribution is -0.120. The molecule has 1 saturated carbocycles. The maximum atomic E-state index is 12.7. The maximum Gasteiger partial charge on any atom is 0.241 e. The Morgan fingerprint density at radius 1 is 1.04 bits per heavy atom. The van der Waals surface area contributed by atoms with Gasteiger partial charge < -0.3 is 10.0 Å². The van der Waals surface area contributed by atoms with E-state index in [2.05, 4.69) is 21.9 Å². The molecule has 2 fully saturated rings. The molecule has 2 aliphatic heterocycles. The third-order valence-corrected chi connectivity index (χ3v) is 6.12. The SMILES string of the molecule is O=C(CN1CCN(C2CCCCC2O)CC1)N1CCc2ccccc21. The highest BCUT2D eigenvalue weighted by Crippen LogP contribution is 2.28. The van der Waals surface area contributed by atoms with E-state index < -0.39 is 0 Å². The molecule has 0 bridgehead atoms. The second-order valence-electron chi connectivity index (χ2n) is 7.66. The predicted molar refractivity (Wildman–Crippen MR) is 98.8 cm³/mol. The first-order chi connectivity index (χ1) is 12.2. The summed E-state index contributed by atoms with van der Waals surface area (Å²) in [5.74, 6) is 0.219. The largest absolute Gasteiger partial charge is 0.391 e. The molecule has 5 heteroatoms. The molecule has 0 spiro atoms. The molecule has 2 atom stereocenters. The van der Waals surface area contributed by atoms with Crippen LogP contribution in [0.2, 0.25) is 0 Å². The summed E-state index contributed by atoms with van der Waals surface area (Å²) >= 11 is 0. The molecule has 1 N–H and O–H groups in total. The van der Waals surface area contributed by atoms with Crippen LogP contribution in [-0.2, 0) is 11.2 Å².